The highest BCUT2D eigenvalue weighted by Gasteiger charge is 2.35. The van der Waals surface area contributed by atoms with Crippen molar-refractivity contribution in [2.75, 3.05) is 6.54 Å². The Labute approximate surface area is 112 Å². The molecular weight excluding hydrogens is 242 g/mol. The van der Waals surface area contributed by atoms with Crippen LogP contribution >= 0.6 is 0 Å². The van der Waals surface area contributed by atoms with Gasteiger partial charge in [0.05, 0.1) is 0 Å². The van der Waals surface area contributed by atoms with E-state index in [9.17, 15) is 14.4 Å². The molecule has 0 spiro atoms. The molecule has 4 nitrogen and oxygen atoms in total. The van der Waals surface area contributed by atoms with E-state index >= 15 is 0 Å². The summed E-state index contributed by atoms with van der Waals surface area (Å²) in [6.07, 6.45) is 0.374. The third kappa shape index (κ3) is 3.28. The van der Waals surface area contributed by atoms with Gasteiger partial charge in [-0.05, 0) is 12.5 Å². The van der Waals surface area contributed by atoms with E-state index in [1.165, 1.54) is 6.92 Å². The fourth-order valence-electron chi connectivity index (χ4n) is 2.34. The number of carbonyl (C=O) groups is 3. The summed E-state index contributed by atoms with van der Waals surface area (Å²) in [5.74, 6) is -1.21. The summed E-state index contributed by atoms with van der Waals surface area (Å²) in [4.78, 5) is 36.8. The van der Waals surface area contributed by atoms with E-state index in [1.54, 1.807) is 4.90 Å². The van der Waals surface area contributed by atoms with Crippen LogP contribution in [0.25, 0.3) is 0 Å². The minimum atomic E-state index is -0.769. The van der Waals surface area contributed by atoms with E-state index in [4.69, 9.17) is 0 Å². The van der Waals surface area contributed by atoms with Gasteiger partial charge < -0.3 is 4.90 Å². The highest BCUT2D eigenvalue weighted by molar-refractivity contribution is 6.06. The Morgan fingerprint density at radius 2 is 1.95 bits per heavy atom. The second kappa shape index (κ2) is 5.78. The van der Waals surface area contributed by atoms with Gasteiger partial charge in [-0.15, -0.1) is 0 Å². The van der Waals surface area contributed by atoms with Crippen molar-refractivity contribution in [2.24, 2.45) is 5.92 Å². The topological polar surface area (TPSA) is 54.5 Å². The Morgan fingerprint density at radius 1 is 1.26 bits per heavy atom. The lowest BCUT2D eigenvalue weighted by Crippen LogP contribution is -2.46. The molecule has 0 bridgehead atoms. The molecule has 0 aliphatic carbocycles. The van der Waals surface area contributed by atoms with Crippen LogP contribution in [0.3, 0.4) is 0 Å². The molecule has 1 aliphatic heterocycles. The van der Waals surface area contributed by atoms with Crippen LogP contribution in [0.15, 0.2) is 30.3 Å². The molecule has 1 aromatic rings. The quantitative estimate of drug-likeness (QED) is 0.771. The molecule has 1 aliphatic rings. The van der Waals surface area contributed by atoms with Gasteiger partial charge in [0, 0.05) is 25.9 Å². The van der Waals surface area contributed by atoms with Crippen molar-refractivity contribution in [1.29, 1.82) is 0 Å². The average molecular weight is 259 g/mol. The van der Waals surface area contributed by atoms with Crippen LogP contribution in [-0.4, -0.2) is 28.9 Å². The lowest BCUT2D eigenvalue weighted by molar-refractivity contribution is -0.148. The van der Waals surface area contributed by atoms with Crippen molar-refractivity contribution < 1.29 is 14.4 Å². The molecule has 1 atom stereocenters. The van der Waals surface area contributed by atoms with Gasteiger partial charge in [-0.1, -0.05) is 30.3 Å². The van der Waals surface area contributed by atoms with Crippen molar-refractivity contribution in [3.05, 3.63) is 35.9 Å². The molecule has 1 amide bonds. The SMILES string of the molecule is CC(=O)C[C@H]1C(=O)CCN(Cc2ccccc2)C1=O. The molecule has 19 heavy (non-hydrogen) atoms. The molecule has 1 fully saturated rings. The third-order valence-corrected chi connectivity index (χ3v) is 3.33. The van der Waals surface area contributed by atoms with Crippen molar-refractivity contribution >= 4 is 17.5 Å². The normalized spacial score (nSPS) is 19.6. The van der Waals surface area contributed by atoms with Crippen LogP contribution in [-0.2, 0) is 20.9 Å². The van der Waals surface area contributed by atoms with Gasteiger partial charge in [-0.2, -0.15) is 0 Å². The number of likely N-dealkylation sites (tertiary alicyclic amines) is 1. The predicted octanol–water partition coefficient (Wildman–Crippen LogP) is 1.58. The van der Waals surface area contributed by atoms with Crippen LogP contribution in [0.5, 0.6) is 0 Å². The molecule has 0 unspecified atom stereocenters. The number of Topliss-reactive ketones (excluding diaryl/α,β-unsaturated/α-hetero) is 2. The Hall–Kier alpha value is -1.97. The molecule has 1 saturated heterocycles. The minimum absolute atomic E-state index is 0.0307. The highest BCUT2D eigenvalue weighted by Crippen LogP contribution is 2.20. The zero-order chi connectivity index (χ0) is 13.8. The number of hydrogen-bond acceptors (Lipinski definition) is 3. The average Bonchev–Trinajstić information content (AvgIpc) is 2.39. The van der Waals surface area contributed by atoms with Gasteiger partial charge in [0.25, 0.3) is 0 Å². The Balaban J connectivity index is 2.08. The van der Waals surface area contributed by atoms with Crippen LogP contribution < -0.4 is 0 Å². The van der Waals surface area contributed by atoms with Crippen molar-refractivity contribution in [3.8, 4) is 0 Å². The molecule has 1 aromatic carbocycles. The Bertz CT molecular complexity index is 495. The van der Waals surface area contributed by atoms with E-state index in [2.05, 4.69) is 0 Å². The van der Waals surface area contributed by atoms with E-state index in [0.29, 0.717) is 19.5 Å². The second-order valence-corrected chi connectivity index (χ2v) is 4.92. The van der Waals surface area contributed by atoms with E-state index < -0.39 is 5.92 Å². The largest absolute Gasteiger partial charge is 0.337 e. The standard InChI is InChI=1S/C15H17NO3/c1-11(17)9-13-14(18)7-8-16(15(13)19)10-12-5-3-2-4-6-12/h2-6,13H,7-10H2,1H3/t13-/m0/s1. The van der Waals surface area contributed by atoms with Gasteiger partial charge in [0.2, 0.25) is 5.91 Å². The molecule has 0 aromatic heterocycles. The van der Waals surface area contributed by atoms with Crippen LogP contribution in [0.1, 0.15) is 25.3 Å². The maximum absolute atomic E-state index is 12.2. The number of hydrogen-bond donors (Lipinski definition) is 0. The van der Waals surface area contributed by atoms with Crippen LogP contribution in [0.2, 0.25) is 0 Å². The third-order valence-electron chi connectivity index (χ3n) is 3.33. The fourth-order valence-corrected chi connectivity index (χ4v) is 2.34. The maximum atomic E-state index is 12.2. The number of piperidine rings is 1. The number of nitrogens with zero attached hydrogens (tertiary/aromatic N) is 1. The molecular formula is C15H17NO3. The van der Waals surface area contributed by atoms with E-state index in [0.717, 1.165) is 5.56 Å². The molecule has 0 saturated carbocycles. The molecule has 2 rings (SSSR count). The van der Waals surface area contributed by atoms with Gasteiger partial charge in [0.1, 0.15) is 17.5 Å². The fraction of sp³-hybridized carbons (Fsp3) is 0.400. The van der Waals surface area contributed by atoms with Crippen molar-refractivity contribution in [2.45, 2.75) is 26.3 Å². The van der Waals surface area contributed by atoms with Crippen LogP contribution in [0, 0.1) is 5.92 Å². The van der Waals surface area contributed by atoms with Gasteiger partial charge in [-0.3, -0.25) is 14.4 Å². The minimum Gasteiger partial charge on any atom is -0.337 e. The summed E-state index contributed by atoms with van der Waals surface area (Å²) in [5.41, 5.74) is 1.03. The lowest BCUT2D eigenvalue weighted by atomic mass is 9.90. The number of amides is 1. The first-order chi connectivity index (χ1) is 9.08. The summed E-state index contributed by atoms with van der Waals surface area (Å²) >= 11 is 0. The smallest absolute Gasteiger partial charge is 0.233 e. The summed E-state index contributed by atoms with van der Waals surface area (Å²) < 4.78 is 0. The maximum Gasteiger partial charge on any atom is 0.233 e. The Kier molecular flexibility index (Phi) is 4.10. The zero-order valence-electron chi connectivity index (χ0n) is 11.0. The summed E-state index contributed by atoms with van der Waals surface area (Å²) in [5, 5.41) is 0. The number of rotatable bonds is 4. The zero-order valence-corrected chi connectivity index (χ0v) is 11.0. The summed E-state index contributed by atoms with van der Waals surface area (Å²) in [7, 11) is 0. The lowest BCUT2D eigenvalue weighted by Gasteiger charge is -2.31. The first kappa shape index (κ1) is 13.5. The van der Waals surface area contributed by atoms with Crippen molar-refractivity contribution in [3.63, 3.8) is 0 Å². The van der Waals surface area contributed by atoms with Gasteiger partial charge >= 0.3 is 0 Å². The predicted molar refractivity (Wildman–Crippen MR) is 70.3 cm³/mol. The number of ketones is 2. The molecule has 100 valence electrons. The molecule has 4 heteroatoms. The Morgan fingerprint density at radius 3 is 2.58 bits per heavy atom. The molecule has 0 radical (unpaired) electrons. The van der Waals surface area contributed by atoms with E-state index in [-0.39, 0.29) is 23.9 Å². The van der Waals surface area contributed by atoms with Crippen molar-refractivity contribution in [1.82, 2.24) is 4.90 Å². The second-order valence-electron chi connectivity index (χ2n) is 4.92. The first-order valence-corrected chi connectivity index (χ1v) is 6.43. The summed E-state index contributed by atoms with van der Waals surface area (Å²) in [6, 6.07) is 9.65. The van der Waals surface area contributed by atoms with E-state index in [1.807, 2.05) is 30.3 Å². The van der Waals surface area contributed by atoms with Gasteiger partial charge in [0.15, 0.2) is 0 Å². The van der Waals surface area contributed by atoms with Gasteiger partial charge in [-0.25, -0.2) is 0 Å². The first-order valence-electron chi connectivity index (χ1n) is 6.43. The molecule has 0 N–H and O–H groups in total. The monoisotopic (exact) mass is 259 g/mol. The van der Waals surface area contributed by atoms with Crippen LogP contribution in [0.4, 0.5) is 0 Å². The summed E-state index contributed by atoms with van der Waals surface area (Å²) in [6.45, 7) is 2.36. The number of benzene rings is 1. The number of carbonyl (C=O) groups excluding carboxylic acids is 3. The molecule has 1 heterocycles. The highest BCUT2D eigenvalue weighted by atomic mass is 16.2.